The van der Waals surface area contributed by atoms with Crippen LogP contribution in [0.4, 0.5) is 10.5 Å². The minimum absolute atomic E-state index is 0.0396. The van der Waals surface area contributed by atoms with Crippen molar-refractivity contribution in [3.8, 4) is 17.7 Å². The van der Waals surface area contributed by atoms with Gasteiger partial charge in [0.05, 0.1) is 10.7 Å². The van der Waals surface area contributed by atoms with Crippen molar-refractivity contribution >= 4 is 29.2 Å². The fraction of sp³-hybridized carbons (Fsp3) is 0.211. The number of nitrogens with two attached hydrogens (primary N) is 1. The van der Waals surface area contributed by atoms with E-state index in [1.807, 2.05) is 19.2 Å². The molecule has 0 aliphatic heterocycles. The van der Waals surface area contributed by atoms with Gasteiger partial charge in [0.2, 0.25) is 5.88 Å². The highest BCUT2D eigenvalue weighted by atomic mass is 35.5. The van der Waals surface area contributed by atoms with Crippen molar-refractivity contribution in [2.45, 2.75) is 26.7 Å². The Hall–Kier alpha value is -3.68. The van der Waals surface area contributed by atoms with Crippen LogP contribution < -0.4 is 26.5 Å². The molecule has 10 nitrogen and oxygen atoms in total. The molecule has 2 aromatic rings. The first kappa shape index (κ1) is 22.6. The van der Waals surface area contributed by atoms with Crippen LogP contribution in [0.2, 0.25) is 5.02 Å². The fourth-order valence-corrected chi connectivity index (χ4v) is 2.67. The average Bonchev–Trinajstić information content (AvgIpc) is 2.69. The number of nitrogens with zero attached hydrogens (tertiary/aromatic N) is 3. The number of nitrogens with one attached hydrogen (secondary N) is 2. The molecular formula is C19H19ClN6O4. The molecule has 1 heterocycles. The maximum Gasteiger partial charge on any atom is 0.343 e. The highest BCUT2D eigenvalue weighted by Gasteiger charge is 2.20. The lowest BCUT2D eigenvalue weighted by Gasteiger charge is -2.19. The summed E-state index contributed by atoms with van der Waals surface area (Å²) in [5.74, 6) is 5.12. The van der Waals surface area contributed by atoms with E-state index in [1.165, 1.54) is 24.3 Å². The summed E-state index contributed by atoms with van der Waals surface area (Å²) in [4.78, 5) is 35.5. The number of hydrazine groups is 1. The van der Waals surface area contributed by atoms with Crippen LogP contribution in [0.3, 0.4) is 0 Å². The lowest BCUT2D eigenvalue weighted by atomic mass is 10.1. The van der Waals surface area contributed by atoms with Crippen LogP contribution in [0.1, 0.15) is 30.9 Å². The Balaban J connectivity index is 2.27. The van der Waals surface area contributed by atoms with Gasteiger partial charge in [0.25, 0.3) is 11.5 Å². The summed E-state index contributed by atoms with van der Waals surface area (Å²) in [6.45, 7) is 8.59. The van der Waals surface area contributed by atoms with Gasteiger partial charge in [-0.2, -0.15) is 5.26 Å². The van der Waals surface area contributed by atoms with Gasteiger partial charge in [0.1, 0.15) is 11.6 Å². The second-order valence-corrected chi connectivity index (χ2v) is 6.95. The number of halogens is 1. The first-order valence-corrected chi connectivity index (χ1v) is 8.99. The van der Waals surface area contributed by atoms with Gasteiger partial charge in [-0.15, -0.1) is 5.10 Å². The maximum atomic E-state index is 12.1. The summed E-state index contributed by atoms with van der Waals surface area (Å²) >= 11 is 6.28. The molecule has 156 valence electrons. The molecule has 0 aliphatic carbocycles. The van der Waals surface area contributed by atoms with E-state index in [-0.39, 0.29) is 33.8 Å². The average molecular weight is 431 g/mol. The summed E-state index contributed by atoms with van der Waals surface area (Å²) in [6, 6.07) is 4.91. The number of carbonyl (C=O) groups is 2. The van der Waals surface area contributed by atoms with Gasteiger partial charge in [-0.1, -0.05) is 32.0 Å². The number of benzene rings is 1. The third kappa shape index (κ3) is 5.02. The number of carbonyl (C=O) groups excluding carboxylic acids is 2. The molecule has 0 saturated heterocycles. The van der Waals surface area contributed by atoms with Gasteiger partial charge >= 0.3 is 6.03 Å². The largest absolute Gasteiger partial charge is 0.436 e. The predicted octanol–water partition coefficient (Wildman–Crippen LogP) is 2.64. The Morgan fingerprint density at radius 3 is 2.63 bits per heavy atom. The van der Waals surface area contributed by atoms with Crippen molar-refractivity contribution in [2.75, 3.05) is 5.01 Å². The number of ether oxygens (including phenoxy) is 1. The number of anilines is 1. The Morgan fingerprint density at radius 1 is 1.40 bits per heavy atom. The van der Waals surface area contributed by atoms with E-state index in [0.717, 1.165) is 0 Å². The lowest BCUT2D eigenvalue weighted by molar-refractivity contribution is -0.116. The summed E-state index contributed by atoms with van der Waals surface area (Å²) in [5, 5.41) is 17.6. The second-order valence-electron chi connectivity index (χ2n) is 6.54. The standard InChI is InChI=1S/C19H19ClN6O4/c1-9(2)13-7-15(24-25-18(13)28)30-16-10(3)5-12(6-14(16)20)26(22)19(29)23-17(27)11(4)8-21/h5-7,9H,4,22H2,1-3H3,(H,25,28)(H,23,27,29). The third-order valence-corrected chi connectivity index (χ3v) is 4.26. The van der Waals surface area contributed by atoms with E-state index < -0.39 is 17.5 Å². The van der Waals surface area contributed by atoms with Crippen LogP contribution in [0, 0.1) is 18.3 Å². The van der Waals surface area contributed by atoms with Crippen molar-refractivity contribution in [1.29, 1.82) is 5.26 Å². The smallest absolute Gasteiger partial charge is 0.343 e. The quantitative estimate of drug-likeness (QED) is 0.216. The van der Waals surface area contributed by atoms with Gasteiger partial charge in [0, 0.05) is 11.6 Å². The Labute approximate surface area is 176 Å². The highest BCUT2D eigenvalue weighted by molar-refractivity contribution is 6.32. The maximum absolute atomic E-state index is 12.1. The van der Waals surface area contributed by atoms with Crippen molar-refractivity contribution in [1.82, 2.24) is 15.5 Å². The zero-order valence-electron chi connectivity index (χ0n) is 16.4. The minimum Gasteiger partial charge on any atom is -0.436 e. The Morgan fingerprint density at radius 2 is 2.07 bits per heavy atom. The molecule has 0 saturated carbocycles. The molecule has 3 amide bonds. The van der Waals surface area contributed by atoms with Crippen LogP contribution in [0.15, 0.2) is 35.1 Å². The number of imide groups is 1. The second kappa shape index (κ2) is 9.21. The monoisotopic (exact) mass is 430 g/mol. The van der Waals surface area contributed by atoms with Crippen molar-refractivity contribution in [3.63, 3.8) is 0 Å². The van der Waals surface area contributed by atoms with Gasteiger partial charge in [-0.05, 0) is 30.5 Å². The fourth-order valence-electron chi connectivity index (χ4n) is 2.37. The number of hydrogen-bond acceptors (Lipinski definition) is 7. The van der Waals surface area contributed by atoms with Gasteiger partial charge in [-0.25, -0.2) is 20.7 Å². The number of urea groups is 1. The Bertz CT molecular complexity index is 1100. The topological polar surface area (TPSA) is 154 Å². The summed E-state index contributed by atoms with van der Waals surface area (Å²) < 4.78 is 5.72. The molecule has 1 aromatic heterocycles. The normalized spacial score (nSPS) is 10.3. The zero-order chi connectivity index (χ0) is 22.6. The molecule has 30 heavy (non-hydrogen) atoms. The summed E-state index contributed by atoms with van der Waals surface area (Å²) in [5.41, 5.74) is 0.416. The van der Waals surface area contributed by atoms with Gasteiger partial charge < -0.3 is 4.74 Å². The number of amides is 3. The first-order chi connectivity index (χ1) is 14.0. The molecule has 0 fully saturated rings. The first-order valence-electron chi connectivity index (χ1n) is 8.61. The van der Waals surface area contributed by atoms with Gasteiger partial charge in [-0.3, -0.25) is 14.9 Å². The number of aryl methyl sites for hydroxylation is 1. The van der Waals surface area contributed by atoms with E-state index in [2.05, 4.69) is 16.8 Å². The molecule has 0 radical (unpaired) electrons. The molecule has 4 N–H and O–H groups in total. The van der Waals surface area contributed by atoms with Crippen LogP contribution in [0.5, 0.6) is 11.6 Å². The molecule has 0 unspecified atom stereocenters. The Kier molecular flexibility index (Phi) is 6.94. The number of aromatic nitrogens is 2. The van der Waals surface area contributed by atoms with Crippen LogP contribution >= 0.6 is 11.6 Å². The van der Waals surface area contributed by atoms with Crippen molar-refractivity contribution < 1.29 is 14.3 Å². The molecule has 0 aliphatic rings. The number of rotatable bonds is 5. The van der Waals surface area contributed by atoms with E-state index >= 15 is 0 Å². The molecule has 0 bridgehead atoms. The number of nitriles is 1. The van der Waals surface area contributed by atoms with Crippen molar-refractivity contribution in [3.05, 3.63) is 56.9 Å². The SMILES string of the molecule is C=C(C#N)C(=O)NC(=O)N(N)c1cc(C)c(Oc2cc(C(C)C)c(=O)[nH]n2)c(Cl)c1. The lowest BCUT2D eigenvalue weighted by Crippen LogP contribution is -2.47. The zero-order valence-corrected chi connectivity index (χ0v) is 17.2. The minimum atomic E-state index is -0.982. The van der Waals surface area contributed by atoms with E-state index in [1.54, 1.807) is 6.92 Å². The third-order valence-electron chi connectivity index (χ3n) is 3.98. The number of hydrogen-bond donors (Lipinski definition) is 3. The van der Waals surface area contributed by atoms with E-state index in [9.17, 15) is 14.4 Å². The molecule has 1 aromatic carbocycles. The number of aromatic amines is 1. The van der Waals surface area contributed by atoms with E-state index in [0.29, 0.717) is 16.1 Å². The predicted molar refractivity (Wildman–Crippen MR) is 110 cm³/mol. The van der Waals surface area contributed by atoms with E-state index in [4.69, 9.17) is 27.4 Å². The molecule has 2 rings (SSSR count). The molecule has 0 atom stereocenters. The highest BCUT2D eigenvalue weighted by Crippen LogP contribution is 2.35. The van der Waals surface area contributed by atoms with Crippen LogP contribution in [-0.2, 0) is 4.79 Å². The van der Waals surface area contributed by atoms with Crippen LogP contribution in [-0.4, -0.2) is 22.1 Å². The summed E-state index contributed by atoms with van der Waals surface area (Å²) in [7, 11) is 0. The molecular weight excluding hydrogens is 412 g/mol. The summed E-state index contributed by atoms with van der Waals surface area (Å²) in [6.07, 6.45) is 0. The number of H-pyrrole nitrogens is 1. The molecule has 0 spiro atoms. The molecule has 11 heteroatoms. The van der Waals surface area contributed by atoms with Gasteiger partial charge in [0.15, 0.2) is 5.75 Å². The van der Waals surface area contributed by atoms with Crippen LogP contribution in [0.25, 0.3) is 0 Å². The van der Waals surface area contributed by atoms with Crippen molar-refractivity contribution in [2.24, 2.45) is 5.84 Å².